The summed E-state index contributed by atoms with van der Waals surface area (Å²) in [6.07, 6.45) is 7.72. The third-order valence-corrected chi connectivity index (χ3v) is 4.01. The summed E-state index contributed by atoms with van der Waals surface area (Å²) in [4.78, 5) is 18.0. The van der Waals surface area contributed by atoms with Crippen molar-refractivity contribution in [1.29, 1.82) is 0 Å². The Morgan fingerprint density at radius 3 is 2.84 bits per heavy atom. The fourth-order valence-corrected chi connectivity index (χ4v) is 2.85. The highest BCUT2D eigenvalue weighted by molar-refractivity contribution is 6.33. The topological polar surface area (TPSA) is 59.2 Å². The van der Waals surface area contributed by atoms with Crippen LogP contribution in [0.4, 0.5) is 5.82 Å². The van der Waals surface area contributed by atoms with Gasteiger partial charge in [0.2, 0.25) is 0 Å². The molecule has 0 radical (unpaired) electrons. The Bertz CT molecular complexity index is 458. The number of amides is 1. The smallest absolute Gasteiger partial charge is 0.255 e. The fraction of sp³-hybridized carbons (Fsp3) is 0.571. The van der Waals surface area contributed by atoms with E-state index in [9.17, 15) is 4.79 Å². The molecule has 1 aromatic rings. The molecule has 1 heterocycles. The van der Waals surface area contributed by atoms with Crippen molar-refractivity contribution in [3.63, 3.8) is 0 Å². The summed E-state index contributed by atoms with van der Waals surface area (Å²) in [5, 5.41) is 0.356. The van der Waals surface area contributed by atoms with Crippen LogP contribution in [0.1, 0.15) is 42.5 Å². The first kappa shape index (κ1) is 14.1. The number of hydrogen-bond acceptors (Lipinski definition) is 3. The average molecular weight is 282 g/mol. The van der Waals surface area contributed by atoms with Crippen molar-refractivity contribution in [1.82, 2.24) is 9.88 Å². The van der Waals surface area contributed by atoms with Crippen LogP contribution in [0, 0.1) is 5.92 Å². The highest BCUT2D eigenvalue weighted by Gasteiger charge is 2.21. The van der Waals surface area contributed by atoms with Gasteiger partial charge in [-0.3, -0.25) is 4.79 Å². The van der Waals surface area contributed by atoms with E-state index in [4.69, 9.17) is 17.3 Å². The van der Waals surface area contributed by atoms with E-state index < -0.39 is 0 Å². The largest absolute Gasteiger partial charge is 0.384 e. The molecule has 1 aliphatic rings. The van der Waals surface area contributed by atoms with E-state index in [1.165, 1.54) is 38.3 Å². The number of hydrogen-bond donors (Lipinski definition) is 1. The lowest BCUT2D eigenvalue weighted by molar-refractivity contribution is 0.0760. The van der Waals surface area contributed by atoms with Crippen molar-refractivity contribution in [2.75, 3.05) is 19.3 Å². The van der Waals surface area contributed by atoms with E-state index in [0.717, 1.165) is 6.54 Å². The first-order valence-corrected chi connectivity index (χ1v) is 7.12. The van der Waals surface area contributed by atoms with Crippen molar-refractivity contribution in [2.24, 2.45) is 5.92 Å². The molecule has 0 saturated heterocycles. The molecule has 104 valence electrons. The summed E-state index contributed by atoms with van der Waals surface area (Å²) in [6.45, 7) is 0.789. The Balaban J connectivity index is 2.03. The number of carbonyl (C=O) groups excluding carboxylic acids is 1. The number of rotatable bonds is 3. The number of aromatic nitrogens is 1. The molecule has 19 heavy (non-hydrogen) atoms. The summed E-state index contributed by atoms with van der Waals surface area (Å²) in [6, 6.07) is 1.54. The maximum Gasteiger partial charge on any atom is 0.255 e. The Kier molecular flexibility index (Phi) is 4.64. The quantitative estimate of drug-likeness (QED) is 0.927. The van der Waals surface area contributed by atoms with Gasteiger partial charge in [0.1, 0.15) is 5.82 Å². The van der Waals surface area contributed by atoms with Gasteiger partial charge in [0, 0.05) is 19.8 Å². The molecule has 1 saturated carbocycles. The van der Waals surface area contributed by atoms with Gasteiger partial charge in [-0.2, -0.15) is 0 Å². The maximum atomic E-state index is 12.3. The molecular formula is C14H20ClN3O. The zero-order valence-corrected chi connectivity index (χ0v) is 12.0. The number of nitrogen functional groups attached to an aromatic ring is 1. The fourth-order valence-electron chi connectivity index (χ4n) is 2.66. The molecule has 0 spiro atoms. The normalized spacial score (nSPS) is 16.3. The summed E-state index contributed by atoms with van der Waals surface area (Å²) >= 11 is 6.01. The number of nitrogens with zero attached hydrogens (tertiary/aromatic N) is 2. The lowest BCUT2D eigenvalue weighted by atomic mass is 9.89. The van der Waals surface area contributed by atoms with Crippen molar-refractivity contribution < 1.29 is 4.79 Å². The molecule has 0 aromatic carbocycles. The average Bonchev–Trinajstić information content (AvgIpc) is 2.42. The van der Waals surface area contributed by atoms with E-state index in [2.05, 4.69) is 4.98 Å². The van der Waals surface area contributed by atoms with Crippen molar-refractivity contribution in [3.05, 3.63) is 22.8 Å². The van der Waals surface area contributed by atoms with Gasteiger partial charge in [-0.1, -0.05) is 30.9 Å². The third kappa shape index (κ3) is 3.60. The van der Waals surface area contributed by atoms with Crippen LogP contribution in [0.5, 0.6) is 0 Å². The Morgan fingerprint density at radius 2 is 2.16 bits per heavy atom. The van der Waals surface area contributed by atoms with Crippen LogP contribution in [-0.4, -0.2) is 29.4 Å². The number of halogens is 1. The van der Waals surface area contributed by atoms with Gasteiger partial charge in [-0.25, -0.2) is 4.98 Å². The third-order valence-electron chi connectivity index (χ3n) is 3.71. The lowest BCUT2D eigenvalue weighted by Crippen LogP contribution is -2.32. The van der Waals surface area contributed by atoms with Crippen LogP contribution in [-0.2, 0) is 0 Å². The van der Waals surface area contributed by atoms with Gasteiger partial charge >= 0.3 is 0 Å². The first-order valence-electron chi connectivity index (χ1n) is 6.74. The number of anilines is 1. The molecule has 5 heteroatoms. The second-order valence-corrected chi connectivity index (χ2v) is 5.69. The molecule has 1 aliphatic carbocycles. The molecule has 0 bridgehead atoms. The van der Waals surface area contributed by atoms with E-state index in [0.29, 0.717) is 22.3 Å². The zero-order chi connectivity index (χ0) is 13.8. The molecule has 0 atom stereocenters. The number of carbonyl (C=O) groups is 1. The summed E-state index contributed by atoms with van der Waals surface area (Å²) in [5.74, 6) is 0.851. The van der Waals surface area contributed by atoms with E-state index >= 15 is 0 Å². The first-order chi connectivity index (χ1) is 9.08. The highest BCUT2D eigenvalue weighted by Crippen LogP contribution is 2.25. The Morgan fingerprint density at radius 1 is 1.47 bits per heavy atom. The molecule has 4 nitrogen and oxygen atoms in total. The van der Waals surface area contributed by atoms with E-state index in [1.54, 1.807) is 11.0 Å². The van der Waals surface area contributed by atoms with Gasteiger partial charge < -0.3 is 10.6 Å². The predicted octanol–water partition coefficient (Wildman–Crippen LogP) is 2.97. The van der Waals surface area contributed by atoms with Gasteiger partial charge in [-0.15, -0.1) is 0 Å². The minimum Gasteiger partial charge on any atom is -0.384 e. The number of nitrogens with two attached hydrogens (primary N) is 1. The maximum absolute atomic E-state index is 12.3. The van der Waals surface area contributed by atoms with Gasteiger partial charge in [0.25, 0.3) is 5.91 Å². The monoisotopic (exact) mass is 281 g/mol. The summed E-state index contributed by atoms with van der Waals surface area (Å²) in [7, 11) is 1.82. The van der Waals surface area contributed by atoms with Crippen molar-refractivity contribution in [3.8, 4) is 0 Å². The molecule has 2 N–H and O–H groups in total. The molecule has 2 rings (SSSR count). The lowest BCUT2D eigenvalue weighted by Gasteiger charge is -2.27. The second kappa shape index (κ2) is 6.24. The predicted molar refractivity (Wildman–Crippen MR) is 77.2 cm³/mol. The van der Waals surface area contributed by atoms with Gasteiger partial charge in [0.15, 0.2) is 0 Å². The van der Waals surface area contributed by atoms with E-state index in [-0.39, 0.29) is 5.91 Å². The van der Waals surface area contributed by atoms with Crippen molar-refractivity contribution in [2.45, 2.75) is 32.1 Å². The standard InChI is InChI=1S/C14H20ClN3O/c1-18(9-10-5-3-2-4-6-10)14(19)11-7-13(16)17-8-12(11)15/h7-8,10H,2-6,9H2,1H3,(H2,16,17). The Hall–Kier alpha value is -1.29. The minimum atomic E-state index is -0.0790. The summed E-state index contributed by atoms with van der Waals surface area (Å²) in [5.41, 5.74) is 6.05. The molecule has 1 amide bonds. The van der Waals surface area contributed by atoms with Crippen LogP contribution in [0.2, 0.25) is 5.02 Å². The minimum absolute atomic E-state index is 0.0790. The Labute approximate surface area is 118 Å². The van der Waals surface area contributed by atoms with Gasteiger partial charge in [0.05, 0.1) is 10.6 Å². The molecular weight excluding hydrogens is 262 g/mol. The van der Waals surface area contributed by atoms with E-state index in [1.807, 2.05) is 7.05 Å². The SMILES string of the molecule is CN(CC1CCCCC1)C(=O)c1cc(N)ncc1Cl. The second-order valence-electron chi connectivity index (χ2n) is 5.28. The molecule has 1 aromatic heterocycles. The zero-order valence-electron chi connectivity index (χ0n) is 11.2. The highest BCUT2D eigenvalue weighted by atomic mass is 35.5. The van der Waals surface area contributed by atoms with Crippen LogP contribution < -0.4 is 5.73 Å². The number of pyridine rings is 1. The summed E-state index contributed by atoms with van der Waals surface area (Å²) < 4.78 is 0. The van der Waals surface area contributed by atoms with Crippen LogP contribution in [0.25, 0.3) is 0 Å². The molecule has 0 unspecified atom stereocenters. The van der Waals surface area contributed by atoms with Crippen LogP contribution >= 0.6 is 11.6 Å². The molecule has 1 fully saturated rings. The van der Waals surface area contributed by atoms with Crippen LogP contribution in [0.15, 0.2) is 12.3 Å². The van der Waals surface area contributed by atoms with Gasteiger partial charge in [-0.05, 0) is 24.8 Å². The van der Waals surface area contributed by atoms with Crippen molar-refractivity contribution >= 4 is 23.3 Å². The molecule has 0 aliphatic heterocycles. The van der Waals surface area contributed by atoms with Crippen LogP contribution in [0.3, 0.4) is 0 Å².